The molecule has 0 saturated carbocycles. The highest BCUT2D eigenvalue weighted by atomic mass is 32.1. The van der Waals surface area contributed by atoms with Gasteiger partial charge in [-0.15, -0.1) is 11.3 Å². The quantitative estimate of drug-likeness (QED) is 0.702. The monoisotopic (exact) mass is 286 g/mol. The molecule has 1 amide bonds. The molecule has 100 valence electrons. The number of nitrogen functional groups attached to an aromatic ring is 1. The molecule has 1 aromatic heterocycles. The van der Waals surface area contributed by atoms with Crippen molar-refractivity contribution in [2.24, 2.45) is 0 Å². The fraction of sp³-hybridized carbons (Fsp3) is 0. The largest absolute Gasteiger partial charge is 0.399 e. The van der Waals surface area contributed by atoms with Crippen LogP contribution in [0.1, 0.15) is 9.67 Å². The molecule has 0 aliphatic carbocycles. The zero-order valence-electron chi connectivity index (χ0n) is 10.4. The summed E-state index contributed by atoms with van der Waals surface area (Å²) in [7, 11) is 0. The molecule has 0 saturated heterocycles. The van der Waals surface area contributed by atoms with Crippen LogP contribution in [0.25, 0.3) is 10.1 Å². The Bertz CT molecular complexity index is 764. The van der Waals surface area contributed by atoms with Crippen LogP contribution in [0.5, 0.6) is 0 Å². The highest BCUT2D eigenvalue weighted by molar-refractivity contribution is 7.20. The van der Waals surface area contributed by atoms with Crippen molar-refractivity contribution in [3.05, 3.63) is 59.2 Å². The molecule has 0 aliphatic heterocycles. The van der Waals surface area contributed by atoms with Crippen molar-refractivity contribution in [2.45, 2.75) is 0 Å². The van der Waals surface area contributed by atoms with Crippen molar-refractivity contribution in [3.8, 4) is 0 Å². The summed E-state index contributed by atoms with van der Waals surface area (Å²) >= 11 is 1.37. The number of nitrogens with two attached hydrogens (primary N) is 1. The van der Waals surface area contributed by atoms with Crippen LogP contribution in [-0.2, 0) is 0 Å². The highest BCUT2D eigenvalue weighted by Crippen LogP contribution is 2.26. The van der Waals surface area contributed by atoms with E-state index in [1.165, 1.54) is 23.5 Å². The number of rotatable bonds is 2. The molecular formula is C15H11FN2OS. The molecule has 20 heavy (non-hydrogen) atoms. The van der Waals surface area contributed by atoms with Gasteiger partial charge >= 0.3 is 0 Å². The third-order valence-corrected chi connectivity index (χ3v) is 4.01. The number of carbonyl (C=O) groups excluding carboxylic acids is 1. The van der Waals surface area contributed by atoms with Gasteiger partial charge in [0.05, 0.1) is 10.6 Å². The lowest BCUT2D eigenvalue weighted by atomic mass is 10.2. The second-order valence-electron chi connectivity index (χ2n) is 4.34. The van der Waals surface area contributed by atoms with Gasteiger partial charge in [-0.3, -0.25) is 4.79 Å². The number of nitrogens with one attached hydrogen (secondary N) is 1. The number of halogens is 1. The first kappa shape index (κ1) is 12.6. The number of anilines is 2. The first-order chi connectivity index (χ1) is 9.63. The molecule has 2 aromatic carbocycles. The van der Waals surface area contributed by atoms with Crippen LogP contribution in [0.3, 0.4) is 0 Å². The van der Waals surface area contributed by atoms with E-state index in [0.717, 1.165) is 10.1 Å². The maximum Gasteiger partial charge on any atom is 0.265 e. The summed E-state index contributed by atoms with van der Waals surface area (Å²) < 4.78 is 14.7. The van der Waals surface area contributed by atoms with Crippen LogP contribution in [0.15, 0.2) is 48.5 Å². The van der Waals surface area contributed by atoms with E-state index < -0.39 is 5.82 Å². The van der Waals surface area contributed by atoms with Gasteiger partial charge in [-0.05, 0) is 35.7 Å². The minimum atomic E-state index is -0.542. The standard InChI is InChI=1S/C15H11FN2OS/c16-11-8-10(17)5-6-12(11)18-15(19)14-7-9-3-1-2-4-13(9)20-14/h1-8H,17H2,(H,18,19). The topological polar surface area (TPSA) is 55.1 Å². The predicted molar refractivity (Wildman–Crippen MR) is 80.6 cm³/mol. The molecule has 0 fully saturated rings. The normalized spacial score (nSPS) is 10.7. The molecule has 0 unspecified atom stereocenters. The molecular weight excluding hydrogens is 275 g/mol. The van der Waals surface area contributed by atoms with Gasteiger partial charge in [-0.2, -0.15) is 0 Å². The second-order valence-corrected chi connectivity index (χ2v) is 5.43. The van der Waals surface area contributed by atoms with Crippen molar-refractivity contribution < 1.29 is 9.18 Å². The molecule has 0 atom stereocenters. The summed E-state index contributed by atoms with van der Waals surface area (Å²) in [5, 5.41) is 3.56. The Hall–Kier alpha value is -2.40. The van der Waals surface area contributed by atoms with Crippen molar-refractivity contribution in [2.75, 3.05) is 11.1 Å². The Balaban J connectivity index is 1.89. The van der Waals surface area contributed by atoms with Crippen molar-refractivity contribution in [1.82, 2.24) is 0 Å². The number of benzene rings is 2. The predicted octanol–water partition coefficient (Wildman–Crippen LogP) is 3.87. The van der Waals surface area contributed by atoms with Crippen LogP contribution < -0.4 is 11.1 Å². The first-order valence-electron chi connectivity index (χ1n) is 5.98. The van der Waals surface area contributed by atoms with Crippen LogP contribution in [0.4, 0.5) is 15.8 Å². The Labute approximate surface area is 118 Å². The van der Waals surface area contributed by atoms with Crippen molar-refractivity contribution >= 4 is 38.7 Å². The number of thiophene rings is 1. The van der Waals surface area contributed by atoms with E-state index >= 15 is 0 Å². The average Bonchev–Trinajstić information content (AvgIpc) is 2.86. The molecule has 1 heterocycles. The lowest BCUT2D eigenvalue weighted by Crippen LogP contribution is -2.11. The van der Waals surface area contributed by atoms with E-state index in [9.17, 15) is 9.18 Å². The SMILES string of the molecule is Nc1ccc(NC(=O)c2cc3ccccc3s2)c(F)c1. The minimum Gasteiger partial charge on any atom is -0.399 e. The lowest BCUT2D eigenvalue weighted by molar-refractivity contribution is 0.103. The van der Waals surface area contributed by atoms with Crippen molar-refractivity contribution in [3.63, 3.8) is 0 Å². The Morgan fingerprint density at radius 2 is 1.95 bits per heavy atom. The molecule has 0 aliphatic rings. The molecule has 3 aromatic rings. The Morgan fingerprint density at radius 1 is 1.15 bits per heavy atom. The highest BCUT2D eigenvalue weighted by Gasteiger charge is 2.12. The molecule has 3 rings (SSSR count). The maximum absolute atomic E-state index is 13.6. The molecule has 3 N–H and O–H groups in total. The fourth-order valence-corrected chi connectivity index (χ4v) is 2.87. The zero-order valence-corrected chi connectivity index (χ0v) is 11.2. The summed E-state index contributed by atoms with van der Waals surface area (Å²) in [4.78, 5) is 12.7. The summed E-state index contributed by atoms with van der Waals surface area (Å²) in [6, 6.07) is 13.7. The lowest BCUT2D eigenvalue weighted by Gasteiger charge is -2.05. The van der Waals surface area contributed by atoms with Gasteiger partial charge in [0.25, 0.3) is 5.91 Å². The number of fused-ring (bicyclic) bond motifs is 1. The van der Waals surface area contributed by atoms with Gasteiger partial charge in [-0.25, -0.2) is 4.39 Å². The third kappa shape index (κ3) is 2.35. The van der Waals surface area contributed by atoms with E-state index in [0.29, 0.717) is 10.6 Å². The van der Waals surface area contributed by atoms with Crippen LogP contribution in [0.2, 0.25) is 0 Å². The van der Waals surface area contributed by atoms with Crippen LogP contribution >= 0.6 is 11.3 Å². The van der Waals surface area contributed by atoms with Gasteiger partial charge < -0.3 is 11.1 Å². The van der Waals surface area contributed by atoms with Crippen LogP contribution in [-0.4, -0.2) is 5.91 Å². The van der Waals surface area contributed by atoms with Gasteiger partial charge in [0, 0.05) is 10.4 Å². The Kier molecular flexibility index (Phi) is 3.12. The molecule has 0 spiro atoms. The fourth-order valence-electron chi connectivity index (χ4n) is 1.91. The second kappa shape index (κ2) is 4.94. The summed E-state index contributed by atoms with van der Waals surface area (Å²) in [5.41, 5.74) is 5.92. The van der Waals surface area contributed by atoms with Gasteiger partial charge in [-0.1, -0.05) is 18.2 Å². The van der Waals surface area contributed by atoms with E-state index in [2.05, 4.69) is 5.32 Å². The average molecular weight is 286 g/mol. The third-order valence-electron chi connectivity index (χ3n) is 2.89. The molecule has 3 nitrogen and oxygen atoms in total. The van der Waals surface area contributed by atoms with Gasteiger partial charge in [0.2, 0.25) is 0 Å². The van der Waals surface area contributed by atoms with Crippen molar-refractivity contribution in [1.29, 1.82) is 0 Å². The molecule has 0 radical (unpaired) electrons. The van der Waals surface area contributed by atoms with Gasteiger partial charge in [0.15, 0.2) is 0 Å². The number of carbonyl (C=O) groups is 1. The zero-order chi connectivity index (χ0) is 14.1. The number of amides is 1. The minimum absolute atomic E-state index is 0.127. The maximum atomic E-state index is 13.6. The van der Waals surface area contributed by atoms with E-state index in [4.69, 9.17) is 5.73 Å². The number of hydrogen-bond acceptors (Lipinski definition) is 3. The number of hydrogen-bond donors (Lipinski definition) is 2. The van der Waals surface area contributed by atoms with Crippen LogP contribution in [0, 0.1) is 5.82 Å². The summed E-state index contributed by atoms with van der Waals surface area (Å²) in [6.07, 6.45) is 0. The molecule has 0 bridgehead atoms. The summed E-state index contributed by atoms with van der Waals surface area (Å²) in [6.45, 7) is 0. The van der Waals surface area contributed by atoms with Gasteiger partial charge in [0.1, 0.15) is 5.82 Å². The summed E-state index contributed by atoms with van der Waals surface area (Å²) in [5.74, 6) is -0.866. The first-order valence-corrected chi connectivity index (χ1v) is 6.80. The Morgan fingerprint density at radius 3 is 2.70 bits per heavy atom. The van der Waals surface area contributed by atoms with E-state index in [-0.39, 0.29) is 11.6 Å². The van der Waals surface area contributed by atoms with E-state index in [1.807, 2.05) is 24.3 Å². The van der Waals surface area contributed by atoms with E-state index in [1.54, 1.807) is 12.1 Å². The smallest absolute Gasteiger partial charge is 0.265 e. The molecule has 5 heteroatoms.